The number of aromatic amines is 2. The van der Waals surface area contributed by atoms with Crippen LogP contribution in [0.4, 0.5) is 11.4 Å². The summed E-state index contributed by atoms with van der Waals surface area (Å²) in [5, 5.41) is 20.3. The molecule has 0 amide bonds. The molecule has 0 aliphatic rings. The van der Waals surface area contributed by atoms with E-state index in [2.05, 4.69) is 0 Å². The van der Waals surface area contributed by atoms with Gasteiger partial charge in [0.2, 0.25) is 0 Å². The van der Waals surface area contributed by atoms with Crippen molar-refractivity contribution < 1.29 is 9.85 Å². The lowest BCUT2D eigenvalue weighted by molar-refractivity contribution is -0.386. The van der Waals surface area contributed by atoms with Crippen molar-refractivity contribution in [3.05, 3.63) is 72.2 Å². The van der Waals surface area contributed by atoms with Crippen LogP contribution in [0.5, 0.6) is 0 Å². The van der Waals surface area contributed by atoms with Crippen molar-refractivity contribution >= 4 is 34.6 Å². The molecule has 2 heterocycles. The first-order valence-corrected chi connectivity index (χ1v) is 7.65. The molecule has 27 heavy (non-hydrogen) atoms. The number of nitrogens with one attached hydrogen (secondary N) is 2. The van der Waals surface area contributed by atoms with Gasteiger partial charge in [0.15, 0.2) is 10.3 Å². The molecule has 16 heteroatoms. The van der Waals surface area contributed by atoms with Crippen LogP contribution in [0.2, 0.25) is 10.3 Å². The highest BCUT2D eigenvalue weighted by Gasteiger charge is 2.24. The fourth-order valence-electron chi connectivity index (χ4n) is 2.17. The summed E-state index contributed by atoms with van der Waals surface area (Å²) < 4.78 is 1.36. The lowest BCUT2D eigenvalue weighted by atomic mass is 10.4. The lowest BCUT2D eigenvalue weighted by Crippen LogP contribution is -2.34. The summed E-state index contributed by atoms with van der Waals surface area (Å²) in [6.45, 7) is -0.601. The van der Waals surface area contributed by atoms with Gasteiger partial charge in [0.05, 0.1) is 9.85 Å². The first kappa shape index (κ1) is 20.1. The fourth-order valence-corrected chi connectivity index (χ4v) is 2.80. The molecule has 0 atom stereocenters. The van der Waals surface area contributed by atoms with Gasteiger partial charge in [-0.2, -0.15) is 0 Å². The summed E-state index contributed by atoms with van der Waals surface area (Å²) in [6, 6.07) is 0. The van der Waals surface area contributed by atoms with Gasteiger partial charge in [0.25, 0.3) is 0 Å². The summed E-state index contributed by atoms with van der Waals surface area (Å²) >= 11 is 11.4. The monoisotopic (exact) mass is 422 g/mol. The first-order chi connectivity index (χ1) is 12.6. The van der Waals surface area contributed by atoms with E-state index in [0.717, 1.165) is 0 Å². The van der Waals surface area contributed by atoms with Gasteiger partial charge in [0, 0.05) is 13.1 Å². The Morgan fingerprint density at radius 1 is 0.778 bits per heavy atom. The molecule has 2 aromatic rings. The van der Waals surface area contributed by atoms with Crippen molar-refractivity contribution in [1.29, 1.82) is 0 Å². The third-order valence-electron chi connectivity index (χ3n) is 3.35. The van der Waals surface area contributed by atoms with E-state index in [4.69, 9.17) is 23.2 Å². The van der Waals surface area contributed by atoms with Crippen LogP contribution in [0.15, 0.2) is 19.2 Å². The standard InChI is InChI=1S/C11H8Cl2N6O8/c12-6-4(18(24)25)8(20)14-10(22)16(6)2-1-3-17-7(13)5(19(26)27)9(21)15-11(17)23/h1-3H2,(H,14,20,22)(H,15,21,23). The first-order valence-electron chi connectivity index (χ1n) is 6.90. The van der Waals surface area contributed by atoms with E-state index in [9.17, 15) is 39.4 Å². The number of hydrogen-bond acceptors (Lipinski definition) is 8. The number of aromatic nitrogens is 4. The molecule has 0 radical (unpaired) electrons. The van der Waals surface area contributed by atoms with Crippen LogP contribution in [0, 0.1) is 20.2 Å². The molecule has 0 fully saturated rings. The SMILES string of the molecule is O=c1[nH]c(=O)n(CCCn2c(Cl)c([N+](=O)[O-])c(=O)[nH]c2=O)c(Cl)c1[N+](=O)[O-]. The second kappa shape index (κ2) is 7.55. The Morgan fingerprint density at radius 2 is 1.11 bits per heavy atom. The molecule has 0 aliphatic heterocycles. The van der Waals surface area contributed by atoms with Crippen LogP contribution in [-0.4, -0.2) is 28.9 Å². The molecule has 0 saturated carbocycles. The predicted molar refractivity (Wildman–Crippen MR) is 90.6 cm³/mol. The number of halogens is 2. The zero-order valence-corrected chi connectivity index (χ0v) is 14.4. The van der Waals surface area contributed by atoms with E-state index in [-0.39, 0.29) is 19.5 Å². The number of nitrogens with zero attached hydrogens (tertiary/aromatic N) is 4. The molecule has 2 rings (SSSR count). The maximum absolute atomic E-state index is 11.8. The molecule has 144 valence electrons. The summed E-state index contributed by atoms with van der Waals surface area (Å²) in [5.74, 6) is 0. The van der Waals surface area contributed by atoms with Crippen molar-refractivity contribution in [3.63, 3.8) is 0 Å². The van der Waals surface area contributed by atoms with Crippen molar-refractivity contribution in [2.24, 2.45) is 0 Å². The average Bonchev–Trinajstić information content (AvgIpc) is 2.51. The van der Waals surface area contributed by atoms with Gasteiger partial charge in [0.1, 0.15) is 0 Å². The molecule has 0 spiro atoms. The van der Waals surface area contributed by atoms with Crippen LogP contribution in [0.25, 0.3) is 0 Å². The Hall–Kier alpha value is -3.26. The van der Waals surface area contributed by atoms with E-state index >= 15 is 0 Å². The average molecular weight is 423 g/mol. The predicted octanol–water partition coefficient (Wildman–Crippen LogP) is -0.400. The third-order valence-corrected chi connectivity index (χ3v) is 4.12. The van der Waals surface area contributed by atoms with Gasteiger partial charge in [-0.3, -0.25) is 48.9 Å². The molecular weight excluding hydrogens is 415 g/mol. The molecule has 0 saturated heterocycles. The van der Waals surface area contributed by atoms with Gasteiger partial charge >= 0.3 is 33.9 Å². The largest absolute Gasteiger partial charge is 0.369 e. The Kier molecular flexibility index (Phi) is 5.61. The minimum Gasteiger partial charge on any atom is -0.278 e. The Morgan fingerprint density at radius 3 is 1.41 bits per heavy atom. The molecule has 2 aromatic heterocycles. The van der Waals surface area contributed by atoms with E-state index < -0.39 is 54.0 Å². The molecule has 0 bridgehead atoms. The van der Waals surface area contributed by atoms with E-state index in [1.54, 1.807) is 9.97 Å². The molecule has 0 aromatic carbocycles. The molecule has 0 aliphatic carbocycles. The molecule has 2 N–H and O–H groups in total. The second-order valence-electron chi connectivity index (χ2n) is 4.97. The van der Waals surface area contributed by atoms with E-state index in [0.29, 0.717) is 9.13 Å². The van der Waals surface area contributed by atoms with Crippen LogP contribution in [0.1, 0.15) is 6.42 Å². The van der Waals surface area contributed by atoms with Crippen molar-refractivity contribution in [3.8, 4) is 0 Å². The maximum Gasteiger partial charge on any atom is 0.369 e. The van der Waals surface area contributed by atoms with Gasteiger partial charge in [-0.15, -0.1) is 0 Å². The zero-order chi connectivity index (χ0) is 20.5. The highest BCUT2D eigenvalue weighted by Crippen LogP contribution is 2.19. The Balaban J connectivity index is 2.36. The highest BCUT2D eigenvalue weighted by atomic mass is 35.5. The van der Waals surface area contributed by atoms with Gasteiger partial charge in [-0.25, -0.2) is 9.59 Å². The van der Waals surface area contributed by atoms with Crippen molar-refractivity contribution in [2.45, 2.75) is 19.5 Å². The van der Waals surface area contributed by atoms with Crippen molar-refractivity contribution in [2.75, 3.05) is 0 Å². The number of nitro groups is 2. The quantitative estimate of drug-likeness (QED) is 0.355. The van der Waals surface area contributed by atoms with E-state index in [1.807, 2.05) is 0 Å². The molecular formula is C11H8Cl2N6O8. The van der Waals surface area contributed by atoms with Crippen LogP contribution in [0.3, 0.4) is 0 Å². The highest BCUT2D eigenvalue weighted by molar-refractivity contribution is 6.31. The smallest absolute Gasteiger partial charge is 0.278 e. The summed E-state index contributed by atoms with van der Waals surface area (Å²) in [7, 11) is 0. The number of hydrogen-bond donors (Lipinski definition) is 2. The van der Waals surface area contributed by atoms with E-state index in [1.165, 1.54) is 0 Å². The lowest BCUT2D eigenvalue weighted by Gasteiger charge is -2.10. The van der Waals surface area contributed by atoms with Crippen LogP contribution >= 0.6 is 23.2 Å². The number of rotatable bonds is 6. The van der Waals surface area contributed by atoms with Gasteiger partial charge < -0.3 is 0 Å². The second-order valence-corrected chi connectivity index (χ2v) is 5.68. The van der Waals surface area contributed by atoms with Gasteiger partial charge in [-0.1, -0.05) is 23.2 Å². The summed E-state index contributed by atoms with van der Waals surface area (Å²) in [5.41, 5.74) is -6.68. The van der Waals surface area contributed by atoms with Crippen LogP contribution < -0.4 is 22.5 Å². The number of H-pyrrole nitrogens is 2. The van der Waals surface area contributed by atoms with Gasteiger partial charge in [-0.05, 0) is 6.42 Å². The fraction of sp³-hybridized carbons (Fsp3) is 0.273. The zero-order valence-electron chi connectivity index (χ0n) is 12.9. The maximum atomic E-state index is 11.8. The minimum atomic E-state index is -1.28. The molecule has 14 nitrogen and oxygen atoms in total. The summed E-state index contributed by atoms with van der Waals surface area (Å²) in [6.07, 6.45) is -0.106. The molecule has 0 unspecified atom stereocenters. The third kappa shape index (κ3) is 3.80. The summed E-state index contributed by atoms with van der Waals surface area (Å²) in [4.78, 5) is 69.4. The van der Waals surface area contributed by atoms with Crippen molar-refractivity contribution in [1.82, 2.24) is 19.1 Å². The normalized spacial score (nSPS) is 10.7. The Labute approximate surface area is 155 Å². The van der Waals surface area contributed by atoms with Crippen LogP contribution in [-0.2, 0) is 13.1 Å². The Bertz CT molecular complexity index is 1080. The minimum absolute atomic E-state index is 0.106. The topological polar surface area (TPSA) is 196 Å².